The maximum atomic E-state index is 14.1. The van der Waals surface area contributed by atoms with Crippen molar-refractivity contribution >= 4 is 11.9 Å². The Morgan fingerprint density at radius 2 is 1.70 bits per heavy atom. The lowest BCUT2D eigenvalue weighted by molar-refractivity contribution is -0.169. The molecule has 1 aromatic rings. The van der Waals surface area contributed by atoms with Crippen LogP contribution in [0.5, 0.6) is 11.5 Å². The van der Waals surface area contributed by atoms with E-state index in [1.54, 1.807) is 6.07 Å². The highest BCUT2D eigenvalue weighted by molar-refractivity contribution is 5.79. The first-order valence-electron chi connectivity index (χ1n) is 17.0. The average molecular weight is 597 g/mol. The van der Waals surface area contributed by atoms with Gasteiger partial charge in [0.25, 0.3) is 0 Å². The number of aromatic hydroxyl groups is 2. The van der Waals surface area contributed by atoms with Crippen LogP contribution in [0.4, 0.5) is 0 Å². The van der Waals surface area contributed by atoms with Gasteiger partial charge in [0, 0.05) is 11.5 Å². The molecule has 0 radical (unpaired) electrons. The minimum atomic E-state index is -0.988. The first-order chi connectivity index (χ1) is 20.5. The number of nitrogens with one attached hydrogen (secondary N) is 1. The molecule has 8 heteroatoms. The summed E-state index contributed by atoms with van der Waals surface area (Å²) >= 11 is 0. The van der Waals surface area contributed by atoms with Crippen molar-refractivity contribution in [2.75, 3.05) is 0 Å². The summed E-state index contributed by atoms with van der Waals surface area (Å²) in [4.78, 5) is 29.6. The van der Waals surface area contributed by atoms with Gasteiger partial charge in [-0.25, -0.2) is 0 Å². The van der Waals surface area contributed by atoms with Crippen LogP contribution in [0.3, 0.4) is 0 Å². The van der Waals surface area contributed by atoms with Crippen LogP contribution in [-0.4, -0.2) is 62.6 Å². The number of phenolic OH excluding ortho intramolecular Hbond substituents is 2. The van der Waals surface area contributed by atoms with Crippen molar-refractivity contribution in [3.05, 3.63) is 23.8 Å². The monoisotopic (exact) mass is 596 g/mol. The number of benzene rings is 1. The van der Waals surface area contributed by atoms with Gasteiger partial charge in [-0.3, -0.25) is 14.5 Å². The second-order valence-electron chi connectivity index (χ2n) is 15.3. The number of phenols is 2. The van der Waals surface area contributed by atoms with E-state index < -0.39 is 18.3 Å². The van der Waals surface area contributed by atoms with Crippen LogP contribution in [0, 0.1) is 28.6 Å². The first kappa shape index (κ1) is 30.7. The van der Waals surface area contributed by atoms with Gasteiger partial charge in [-0.2, -0.15) is 0 Å². The predicted octanol–water partition coefficient (Wildman–Crippen LogP) is 5.41. The summed E-state index contributed by atoms with van der Waals surface area (Å²) in [6.07, 6.45) is 12.2. The van der Waals surface area contributed by atoms with Crippen LogP contribution in [0.2, 0.25) is 0 Å². The van der Waals surface area contributed by atoms with Crippen molar-refractivity contribution in [1.29, 1.82) is 0 Å². The number of hydrogen-bond acceptors (Lipinski definition) is 7. The molecule has 8 atom stereocenters. The van der Waals surface area contributed by atoms with Crippen LogP contribution < -0.4 is 5.32 Å². The number of likely N-dealkylation sites (tertiary alicyclic amines) is 1. The molecule has 1 aliphatic heterocycles. The van der Waals surface area contributed by atoms with E-state index in [1.165, 1.54) is 18.6 Å². The summed E-state index contributed by atoms with van der Waals surface area (Å²) in [5, 5.41) is 35.0. The lowest BCUT2D eigenvalue weighted by Gasteiger charge is -2.43. The Labute approximate surface area is 256 Å². The van der Waals surface area contributed by atoms with Crippen LogP contribution in [0.1, 0.15) is 110 Å². The summed E-state index contributed by atoms with van der Waals surface area (Å²) in [5.74, 6) is 0.109. The molecule has 2 bridgehead atoms. The summed E-state index contributed by atoms with van der Waals surface area (Å²) in [6.45, 7) is 6.95. The lowest BCUT2D eigenvalue weighted by Crippen LogP contribution is -2.60. The zero-order valence-corrected chi connectivity index (χ0v) is 26.3. The van der Waals surface area contributed by atoms with Crippen LogP contribution in [0.15, 0.2) is 18.2 Å². The quantitative estimate of drug-likeness (QED) is 0.234. The van der Waals surface area contributed by atoms with E-state index in [4.69, 9.17) is 4.74 Å². The van der Waals surface area contributed by atoms with Gasteiger partial charge >= 0.3 is 5.97 Å². The van der Waals surface area contributed by atoms with Gasteiger partial charge in [0.2, 0.25) is 5.91 Å². The third-order valence-corrected chi connectivity index (χ3v) is 12.9. The molecule has 0 spiro atoms. The number of aliphatic hydroxyl groups excluding tert-OH is 1. The third kappa shape index (κ3) is 5.56. The summed E-state index contributed by atoms with van der Waals surface area (Å²) in [5.41, 5.74) is 0.705. The van der Waals surface area contributed by atoms with Crippen molar-refractivity contribution < 1.29 is 29.6 Å². The van der Waals surface area contributed by atoms with Crippen LogP contribution >= 0.6 is 0 Å². The van der Waals surface area contributed by atoms with Gasteiger partial charge in [-0.1, -0.05) is 58.9 Å². The molecule has 1 saturated heterocycles. The van der Waals surface area contributed by atoms with Gasteiger partial charge in [0.05, 0.1) is 12.5 Å². The third-order valence-electron chi connectivity index (χ3n) is 12.9. The summed E-state index contributed by atoms with van der Waals surface area (Å²) in [6, 6.07) is 3.49. The molecule has 5 aliphatic rings. The van der Waals surface area contributed by atoms with E-state index in [1.807, 2.05) is 0 Å². The molecule has 8 unspecified atom stereocenters. The Morgan fingerprint density at radius 3 is 2.37 bits per heavy atom. The fraction of sp³-hybridized carbons (Fsp3) is 0.771. The molecule has 43 heavy (non-hydrogen) atoms. The Morgan fingerprint density at radius 1 is 0.977 bits per heavy atom. The Bertz CT molecular complexity index is 1200. The standard InChI is InChI=1S/C35H52N2O6/c1-34(2)24-15-16-35(34,3)29(20-24)43-33(42)26-19-23-11-7-8-12-25(23)37(26)32(41)31(22-9-5-4-6-10-22)36-30(40)18-21-13-14-27(38)28(39)17-21/h13-14,17,22-26,29,31-32,38-39,41H,4-12,15-16,18-20H2,1-3H3,(H,36,40). The van der Waals surface area contributed by atoms with E-state index in [0.717, 1.165) is 70.6 Å². The molecule has 4 saturated carbocycles. The molecular weight excluding hydrogens is 544 g/mol. The molecule has 6 rings (SSSR count). The van der Waals surface area contributed by atoms with Gasteiger partial charge in [0.15, 0.2) is 11.5 Å². The number of carbonyl (C=O) groups excluding carboxylic acids is 2. The van der Waals surface area contributed by atoms with Crippen molar-refractivity contribution in [2.45, 2.75) is 141 Å². The number of ether oxygens (including phenoxy) is 1. The van der Waals surface area contributed by atoms with E-state index in [-0.39, 0.29) is 58.7 Å². The number of carbonyl (C=O) groups is 2. The molecular formula is C35H52N2O6. The van der Waals surface area contributed by atoms with Crippen molar-refractivity contribution in [3.8, 4) is 11.5 Å². The minimum Gasteiger partial charge on any atom is -0.504 e. The average Bonchev–Trinajstić information content (AvgIpc) is 3.54. The molecule has 4 aliphatic carbocycles. The number of nitrogens with zero attached hydrogens (tertiary/aromatic N) is 1. The van der Waals surface area contributed by atoms with Crippen molar-refractivity contribution in [3.63, 3.8) is 0 Å². The van der Waals surface area contributed by atoms with Crippen LogP contribution in [0.25, 0.3) is 0 Å². The predicted molar refractivity (Wildman–Crippen MR) is 163 cm³/mol. The number of fused-ring (bicyclic) bond motifs is 3. The highest BCUT2D eigenvalue weighted by Crippen LogP contribution is 2.66. The molecule has 1 heterocycles. The maximum Gasteiger partial charge on any atom is 0.323 e. The number of rotatable bonds is 8. The highest BCUT2D eigenvalue weighted by atomic mass is 16.5. The normalized spacial score (nSPS) is 35.3. The number of aliphatic hydroxyl groups is 1. The molecule has 5 fully saturated rings. The van der Waals surface area contributed by atoms with Crippen molar-refractivity contribution in [2.24, 2.45) is 28.6 Å². The number of esters is 1. The number of hydrogen-bond donors (Lipinski definition) is 4. The van der Waals surface area contributed by atoms with E-state index >= 15 is 0 Å². The fourth-order valence-corrected chi connectivity index (χ4v) is 9.84. The molecule has 1 aromatic carbocycles. The van der Waals surface area contributed by atoms with E-state index in [0.29, 0.717) is 23.8 Å². The summed E-state index contributed by atoms with van der Waals surface area (Å²) in [7, 11) is 0. The van der Waals surface area contributed by atoms with Gasteiger partial charge in [-0.05, 0) is 92.2 Å². The zero-order chi connectivity index (χ0) is 30.5. The van der Waals surface area contributed by atoms with Gasteiger partial charge in [0.1, 0.15) is 18.4 Å². The van der Waals surface area contributed by atoms with Gasteiger partial charge in [-0.15, -0.1) is 0 Å². The smallest absolute Gasteiger partial charge is 0.323 e. The van der Waals surface area contributed by atoms with Gasteiger partial charge < -0.3 is 25.4 Å². The fourth-order valence-electron chi connectivity index (χ4n) is 9.84. The first-order valence-corrected chi connectivity index (χ1v) is 17.0. The SMILES string of the molecule is CC1(C)C2CCC1(C)C(OC(=O)C1CC3CCCCC3N1C(O)C(NC(=O)Cc1ccc(O)c(O)c1)C1CCCCC1)C2. The Kier molecular flexibility index (Phi) is 8.48. The molecule has 0 aromatic heterocycles. The van der Waals surface area contributed by atoms with E-state index in [9.17, 15) is 24.9 Å². The van der Waals surface area contributed by atoms with Crippen LogP contribution in [-0.2, 0) is 20.7 Å². The molecule has 1 amide bonds. The minimum absolute atomic E-state index is 0.0244. The maximum absolute atomic E-state index is 14.1. The second kappa shape index (κ2) is 11.9. The molecule has 4 N–H and O–H groups in total. The molecule has 8 nitrogen and oxygen atoms in total. The van der Waals surface area contributed by atoms with Crippen molar-refractivity contribution in [1.82, 2.24) is 10.2 Å². The lowest BCUT2D eigenvalue weighted by atomic mass is 9.70. The second-order valence-corrected chi connectivity index (χ2v) is 15.3. The zero-order valence-electron chi connectivity index (χ0n) is 26.3. The van der Waals surface area contributed by atoms with E-state index in [2.05, 4.69) is 31.0 Å². The Balaban J connectivity index is 1.23. The summed E-state index contributed by atoms with van der Waals surface area (Å²) < 4.78 is 6.44. The molecule has 238 valence electrons. The topological polar surface area (TPSA) is 119 Å². The Hall–Kier alpha value is -2.32. The highest BCUT2D eigenvalue weighted by Gasteiger charge is 2.63. The largest absolute Gasteiger partial charge is 0.504 e. The number of amides is 1.